The summed E-state index contributed by atoms with van der Waals surface area (Å²) in [4.78, 5) is 0.0943. The Morgan fingerprint density at radius 2 is 1.86 bits per heavy atom. The fourth-order valence-corrected chi connectivity index (χ4v) is 3.83. The highest BCUT2D eigenvalue weighted by Gasteiger charge is 2.42. The second kappa shape index (κ2) is 5.59. The standard InChI is InChI=1S/C15H21NO4S/c16-21(17,18)14-5-3-12(4-6-14)19-11-13-7-10-15(20-13)8-1-2-9-15/h3-6,13H,1-2,7-11H2,(H2,16,17,18). The quantitative estimate of drug-likeness (QED) is 0.924. The number of nitrogens with two attached hydrogens (primary N) is 1. The lowest BCUT2D eigenvalue weighted by molar-refractivity contribution is -0.0508. The van der Waals surface area contributed by atoms with Gasteiger partial charge in [0.1, 0.15) is 12.4 Å². The average Bonchev–Trinajstić information content (AvgIpc) is 3.07. The molecule has 1 atom stereocenters. The summed E-state index contributed by atoms with van der Waals surface area (Å²) in [6.45, 7) is 0.510. The fraction of sp³-hybridized carbons (Fsp3) is 0.600. The number of ether oxygens (including phenoxy) is 2. The molecule has 1 aliphatic heterocycles. The summed E-state index contributed by atoms with van der Waals surface area (Å²) in [5.41, 5.74) is 0.117. The molecule has 0 amide bonds. The lowest BCUT2D eigenvalue weighted by Crippen LogP contribution is -2.27. The van der Waals surface area contributed by atoms with Gasteiger partial charge in [0.2, 0.25) is 10.0 Å². The Hall–Kier alpha value is -1.11. The molecule has 6 heteroatoms. The van der Waals surface area contributed by atoms with Gasteiger partial charge in [-0.15, -0.1) is 0 Å². The van der Waals surface area contributed by atoms with E-state index in [1.165, 1.54) is 37.8 Å². The van der Waals surface area contributed by atoms with E-state index in [1.807, 2.05) is 0 Å². The zero-order chi connectivity index (χ0) is 14.9. The van der Waals surface area contributed by atoms with Crippen molar-refractivity contribution in [2.75, 3.05) is 6.61 Å². The minimum atomic E-state index is -3.65. The molecule has 1 spiro atoms. The van der Waals surface area contributed by atoms with E-state index in [-0.39, 0.29) is 16.6 Å². The van der Waals surface area contributed by atoms with E-state index in [2.05, 4.69) is 0 Å². The Labute approximate surface area is 125 Å². The molecule has 0 bridgehead atoms. The molecule has 1 aliphatic carbocycles. The second-order valence-electron chi connectivity index (χ2n) is 6.00. The van der Waals surface area contributed by atoms with Gasteiger partial charge in [-0.3, -0.25) is 0 Å². The third kappa shape index (κ3) is 3.39. The van der Waals surface area contributed by atoms with Crippen LogP contribution in [-0.2, 0) is 14.8 Å². The summed E-state index contributed by atoms with van der Waals surface area (Å²) in [5, 5.41) is 5.06. The smallest absolute Gasteiger partial charge is 0.238 e. The zero-order valence-electron chi connectivity index (χ0n) is 12.0. The maximum atomic E-state index is 11.2. The van der Waals surface area contributed by atoms with Crippen LogP contribution in [0.3, 0.4) is 0 Å². The zero-order valence-corrected chi connectivity index (χ0v) is 12.8. The van der Waals surface area contributed by atoms with Crippen molar-refractivity contribution in [3.63, 3.8) is 0 Å². The van der Waals surface area contributed by atoms with E-state index in [0.717, 1.165) is 12.8 Å². The molecule has 116 valence electrons. The van der Waals surface area contributed by atoms with Crippen molar-refractivity contribution in [2.24, 2.45) is 5.14 Å². The van der Waals surface area contributed by atoms with Gasteiger partial charge in [0.05, 0.1) is 16.6 Å². The Morgan fingerprint density at radius 3 is 2.48 bits per heavy atom. The molecule has 0 aromatic heterocycles. The van der Waals surface area contributed by atoms with E-state index in [1.54, 1.807) is 12.1 Å². The van der Waals surface area contributed by atoms with Gasteiger partial charge in [-0.2, -0.15) is 0 Å². The van der Waals surface area contributed by atoms with E-state index in [4.69, 9.17) is 14.6 Å². The lowest BCUT2D eigenvalue weighted by atomic mass is 9.98. The third-order valence-corrected chi connectivity index (χ3v) is 5.37. The van der Waals surface area contributed by atoms with Crippen LogP contribution in [0.5, 0.6) is 5.75 Å². The minimum absolute atomic E-state index is 0.0943. The van der Waals surface area contributed by atoms with Crippen molar-refractivity contribution in [3.8, 4) is 5.75 Å². The average molecular weight is 311 g/mol. The van der Waals surface area contributed by atoms with Crippen LogP contribution in [-0.4, -0.2) is 26.7 Å². The van der Waals surface area contributed by atoms with Crippen molar-refractivity contribution in [2.45, 2.75) is 55.1 Å². The second-order valence-corrected chi connectivity index (χ2v) is 7.56. The van der Waals surface area contributed by atoms with Crippen molar-refractivity contribution >= 4 is 10.0 Å². The lowest BCUT2D eigenvalue weighted by Gasteiger charge is -2.23. The van der Waals surface area contributed by atoms with Crippen LogP contribution >= 0.6 is 0 Å². The number of primary sulfonamides is 1. The summed E-state index contributed by atoms with van der Waals surface area (Å²) >= 11 is 0. The SMILES string of the molecule is NS(=O)(=O)c1ccc(OCC2CCC3(CCCC3)O2)cc1. The molecule has 21 heavy (non-hydrogen) atoms. The van der Waals surface area contributed by atoms with Crippen LogP contribution in [0.2, 0.25) is 0 Å². The number of hydrogen-bond acceptors (Lipinski definition) is 4. The van der Waals surface area contributed by atoms with E-state index in [0.29, 0.717) is 12.4 Å². The van der Waals surface area contributed by atoms with Crippen LogP contribution in [0.25, 0.3) is 0 Å². The molecule has 2 aliphatic rings. The predicted molar refractivity (Wildman–Crippen MR) is 78.6 cm³/mol. The predicted octanol–water partition coefficient (Wildman–Crippen LogP) is 2.20. The first kappa shape index (κ1) is 14.8. The van der Waals surface area contributed by atoms with Crippen LogP contribution < -0.4 is 9.88 Å². The Balaban J connectivity index is 1.54. The van der Waals surface area contributed by atoms with Crippen molar-refractivity contribution in [1.82, 2.24) is 0 Å². The molecule has 1 saturated heterocycles. The van der Waals surface area contributed by atoms with E-state index in [9.17, 15) is 8.42 Å². The molecule has 0 radical (unpaired) electrons. The molecular weight excluding hydrogens is 290 g/mol. The molecule has 3 rings (SSSR count). The Kier molecular flexibility index (Phi) is 3.94. The minimum Gasteiger partial charge on any atom is -0.491 e. The Bertz CT molecular complexity index is 591. The molecule has 1 heterocycles. The van der Waals surface area contributed by atoms with Crippen LogP contribution in [0.4, 0.5) is 0 Å². The maximum Gasteiger partial charge on any atom is 0.238 e. The van der Waals surface area contributed by atoms with Gasteiger partial charge in [-0.05, 0) is 49.9 Å². The molecule has 2 N–H and O–H groups in total. The highest BCUT2D eigenvalue weighted by molar-refractivity contribution is 7.89. The summed E-state index contributed by atoms with van der Waals surface area (Å²) < 4.78 is 34.2. The van der Waals surface area contributed by atoms with Crippen LogP contribution in [0, 0.1) is 0 Å². The van der Waals surface area contributed by atoms with Crippen molar-refractivity contribution in [3.05, 3.63) is 24.3 Å². The Morgan fingerprint density at radius 1 is 1.19 bits per heavy atom. The topological polar surface area (TPSA) is 78.6 Å². The summed E-state index contributed by atoms with van der Waals surface area (Å²) in [5.74, 6) is 0.637. The molecular formula is C15H21NO4S. The van der Waals surface area contributed by atoms with Crippen molar-refractivity contribution < 1.29 is 17.9 Å². The van der Waals surface area contributed by atoms with Gasteiger partial charge in [0.25, 0.3) is 0 Å². The van der Waals surface area contributed by atoms with Gasteiger partial charge in [0.15, 0.2) is 0 Å². The highest BCUT2D eigenvalue weighted by atomic mass is 32.2. The number of sulfonamides is 1. The molecule has 1 unspecified atom stereocenters. The highest BCUT2D eigenvalue weighted by Crippen LogP contribution is 2.43. The van der Waals surface area contributed by atoms with Crippen LogP contribution in [0.15, 0.2) is 29.2 Å². The van der Waals surface area contributed by atoms with Crippen LogP contribution in [0.1, 0.15) is 38.5 Å². The van der Waals surface area contributed by atoms with Gasteiger partial charge in [0, 0.05) is 0 Å². The fourth-order valence-electron chi connectivity index (χ4n) is 3.31. The van der Waals surface area contributed by atoms with Gasteiger partial charge >= 0.3 is 0 Å². The monoisotopic (exact) mass is 311 g/mol. The van der Waals surface area contributed by atoms with Gasteiger partial charge in [-0.1, -0.05) is 12.8 Å². The first-order chi connectivity index (χ1) is 9.97. The molecule has 1 saturated carbocycles. The summed E-state index contributed by atoms with van der Waals surface area (Å²) in [6, 6.07) is 6.16. The van der Waals surface area contributed by atoms with Gasteiger partial charge < -0.3 is 9.47 Å². The maximum absolute atomic E-state index is 11.2. The largest absolute Gasteiger partial charge is 0.491 e. The number of rotatable bonds is 4. The van der Waals surface area contributed by atoms with Crippen molar-refractivity contribution in [1.29, 1.82) is 0 Å². The van der Waals surface area contributed by atoms with E-state index < -0.39 is 10.0 Å². The first-order valence-corrected chi connectivity index (χ1v) is 8.95. The number of benzene rings is 1. The third-order valence-electron chi connectivity index (χ3n) is 4.44. The summed E-state index contributed by atoms with van der Waals surface area (Å²) in [7, 11) is -3.65. The van der Waals surface area contributed by atoms with E-state index >= 15 is 0 Å². The molecule has 5 nitrogen and oxygen atoms in total. The first-order valence-electron chi connectivity index (χ1n) is 7.40. The molecule has 1 aromatic rings. The number of hydrogen-bond donors (Lipinski definition) is 1. The molecule has 1 aromatic carbocycles. The normalized spacial score (nSPS) is 24.5. The van der Waals surface area contributed by atoms with Gasteiger partial charge in [-0.25, -0.2) is 13.6 Å². The molecule has 2 fully saturated rings. The summed E-state index contributed by atoms with van der Waals surface area (Å²) in [6.07, 6.45) is 7.19.